The first-order valence-corrected chi connectivity index (χ1v) is 11.5. The number of likely N-dealkylation sites (tertiary alicyclic amines) is 1. The van der Waals surface area contributed by atoms with E-state index in [1.165, 1.54) is 51.4 Å². The summed E-state index contributed by atoms with van der Waals surface area (Å²) in [6.07, 6.45) is 11.8. The van der Waals surface area contributed by atoms with Gasteiger partial charge in [-0.2, -0.15) is 0 Å². The van der Waals surface area contributed by atoms with E-state index in [1.807, 2.05) is 0 Å². The van der Waals surface area contributed by atoms with E-state index in [2.05, 4.69) is 18.7 Å². The highest BCUT2D eigenvalue weighted by molar-refractivity contribution is 5.00. The van der Waals surface area contributed by atoms with Gasteiger partial charge in [0.05, 0.1) is 18.8 Å². The summed E-state index contributed by atoms with van der Waals surface area (Å²) in [6.45, 7) is 4.99. The lowest BCUT2D eigenvalue weighted by Crippen LogP contribution is -2.67. The fourth-order valence-electron chi connectivity index (χ4n) is 4.39. The van der Waals surface area contributed by atoms with Crippen LogP contribution in [0.3, 0.4) is 0 Å². The van der Waals surface area contributed by atoms with Crippen LogP contribution in [-0.4, -0.2) is 68.9 Å². The van der Waals surface area contributed by atoms with Crippen LogP contribution in [0, 0.1) is 0 Å². The molecular weight excluding hydrogens is 342 g/mol. The van der Waals surface area contributed by atoms with Crippen molar-refractivity contribution >= 4 is 0 Å². The lowest BCUT2D eigenvalue weighted by Gasteiger charge is -2.49. The first-order chi connectivity index (χ1) is 13.1. The van der Waals surface area contributed by atoms with Crippen LogP contribution < -0.4 is 0 Å². The summed E-state index contributed by atoms with van der Waals surface area (Å²) in [5, 5.41) is 40.9. The van der Waals surface area contributed by atoms with Crippen molar-refractivity contribution in [1.82, 2.24) is 4.90 Å². The molecular formula is C22H45NO4. The van der Waals surface area contributed by atoms with Gasteiger partial charge in [-0.05, 0) is 19.4 Å². The monoisotopic (exact) mass is 387 g/mol. The van der Waals surface area contributed by atoms with Gasteiger partial charge in [0.25, 0.3) is 0 Å². The number of nitrogens with zero attached hydrogens (tertiary/aromatic N) is 1. The predicted octanol–water partition coefficient (Wildman–Crippen LogP) is 3.23. The van der Waals surface area contributed by atoms with E-state index in [4.69, 9.17) is 0 Å². The molecule has 0 amide bonds. The maximum atomic E-state index is 10.6. The van der Waals surface area contributed by atoms with Crippen molar-refractivity contribution in [3.63, 3.8) is 0 Å². The highest BCUT2D eigenvalue weighted by Crippen LogP contribution is 2.28. The molecule has 0 aromatic rings. The summed E-state index contributed by atoms with van der Waals surface area (Å²) in [6, 6.07) is -0.661. The average Bonchev–Trinajstić information content (AvgIpc) is 2.67. The van der Waals surface area contributed by atoms with Crippen molar-refractivity contribution in [3.8, 4) is 0 Å². The van der Waals surface area contributed by atoms with E-state index in [1.54, 1.807) is 0 Å². The molecule has 1 rings (SSSR count). The van der Waals surface area contributed by atoms with E-state index in [0.29, 0.717) is 0 Å². The number of rotatable bonds is 15. The predicted molar refractivity (Wildman–Crippen MR) is 111 cm³/mol. The largest absolute Gasteiger partial charge is 0.395 e. The highest BCUT2D eigenvalue weighted by atomic mass is 16.4. The van der Waals surface area contributed by atoms with Gasteiger partial charge in [0.15, 0.2) is 0 Å². The Balaban J connectivity index is 2.56. The molecule has 1 aliphatic heterocycles. The third-order valence-corrected chi connectivity index (χ3v) is 6.15. The molecule has 162 valence electrons. The normalized spacial score (nSPS) is 29.3. The second kappa shape index (κ2) is 14.7. The molecule has 0 aromatic carbocycles. The molecule has 0 radical (unpaired) electrons. The summed E-state index contributed by atoms with van der Waals surface area (Å²) in [7, 11) is 0. The first kappa shape index (κ1) is 24.8. The van der Waals surface area contributed by atoms with Gasteiger partial charge >= 0.3 is 0 Å². The van der Waals surface area contributed by atoms with Gasteiger partial charge in [-0.3, -0.25) is 4.90 Å². The van der Waals surface area contributed by atoms with Crippen LogP contribution in [0.25, 0.3) is 0 Å². The Bertz CT molecular complexity index is 355. The minimum atomic E-state index is -1.17. The molecule has 4 N–H and O–H groups in total. The molecule has 27 heavy (non-hydrogen) atoms. The molecule has 0 aromatic heterocycles. The zero-order valence-electron chi connectivity index (χ0n) is 17.7. The van der Waals surface area contributed by atoms with E-state index < -0.39 is 24.4 Å². The number of aliphatic hydroxyl groups excluding tert-OH is 4. The van der Waals surface area contributed by atoms with Crippen LogP contribution in [-0.2, 0) is 0 Å². The van der Waals surface area contributed by atoms with Gasteiger partial charge < -0.3 is 20.4 Å². The summed E-state index contributed by atoms with van der Waals surface area (Å²) in [4.78, 5) is 2.08. The van der Waals surface area contributed by atoms with Crippen LogP contribution in [0.2, 0.25) is 0 Å². The second-order valence-corrected chi connectivity index (χ2v) is 8.35. The highest BCUT2D eigenvalue weighted by Gasteiger charge is 2.46. The van der Waals surface area contributed by atoms with Crippen LogP contribution in [0.15, 0.2) is 0 Å². The van der Waals surface area contributed by atoms with Crippen molar-refractivity contribution in [2.24, 2.45) is 0 Å². The fraction of sp³-hybridized carbons (Fsp3) is 1.00. The molecule has 0 aliphatic carbocycles. The molecule has 1 aliphatic rings. The topological polar surface area (TPSA) is 84.2 Å². The van der Waals surface area contributed by atoms with Gasteiger partial charge in [0.1, 0.15) is 12.2 Å². The van der Waals surface area contributed by atoms with Crippen LogP contribution in [0.4, 0.5) is 0 Å². The van der Waals surface area contributed by atoms with Gasteiger partial charge in [-0.25, -0.2) is 0 Å². The number of unbranched alkanes of at least 4 members (excludes halogenated alkanes) is 10. The lowest BCUT2D eigenvalue weighted by molar-refractivity contribution is -0.172. The van der Waals surface area contributed by atoms with E-state index in [0.717, 1.165) is 38.6 Å². The Morgan fingerprint density at radius 2 is 1.07 bits per heavy atom. The molecule has 0 bridgehead atoms. The van der Waals surface area contributed by atoms with Crippen molar-refractivity contribution in [3.05, 3.63) is 0 Å². The Kier molecular flexibility index (Phi) is 13.6. The third-order valence-electron chi connectivity index (χ3n) is 6.15. The lowest BCUT2D eigenvalue weighted by atomic mass is 9.85. The number of hydrogen-bond acceptors (Lipinski definition) is 5. The van der Waals surface area contributed by atoms with E-state index in [9.17, 15) is 20.4 Å². The van der Waals surface area contributed by atoms with Crippen LogP contribution in [0.5, 0.6) is 0 Å². The van der Waals surface area contributed by atoms with Gasteiger partial charge in [-0.15, -0.1) is 0 Å². The van der Waals surface area contributed by atoms with Gasteiger partial charge in [0.2, 0.25) is 0 Å². The van der Waals surface area contributed by atoms with E-state index >= 15 is 0 Å². The summed E-state index contributed by atoms with van der Waals surface area (Å²) < 4.78 is 0. The molecule has 1 heterocycles. The third kappa shape index (κ3) is 8.36. The first-order valence-electron chi connectivity index (χ1n) is 11.5. The van der Waals surface area contributed by atoms with Gasteiger partial charge in [-0.1, -0.05) is 84.5 Å². The SMILES string of the molecule is CCCCCCCC[C@@H]1[C@H](O)[C@@H](O)[C@H](O)[C@@H](CO)N1CCCCCCCC. The Morgan fingerprint density at radius 1 is 0.593 bits per heavy atom. The molecule has 0 spiro atoms. The number of aliphatic hydroxyl groups is 4. The molecule has 5 atom stereocenters. The minimum absolute atomic E-state index is 0.178. The zero-order chi connectivity index (χ0) is 20.1. The summed E-state index contributed by atoms with van der Waals surface area (Å²) >= 11 is 0. The zero-order valence-corrected chi connectivity index (χ0v) is 17.7. The molecule has 1 fully saturated rings. The maximum absolute atomic E-state index is 10.6. The van der Waals surface area contributed by atoms with Crippen molar-refractivity contribution in [2.45, 2.75) is 128 Å². The molecule has 1 saturated heterocycles. The Hall–Kier alpha value is -0.200. The minimum Gasteiger partial charge on any atom is -0.395 e. The molecule has 0 saturated carbocycles. The average molecular weight is 388 g/mol. The Morgan fingerprint density at radius 3 is 1.63 bits per heavy atom. The Labute approximate surface area is 166 Å². The maximum Gasteiger partial charge on any atom is 0.109 e. The van der Waals surface area contributed by atoms with E-state index in [-0.39, 0.29) is 12.6 Å². The van der Waals surface area contributed by atoms with Crippen molar-refractivity contribution in [1.29, 1.82) is 0 Å². The number of hydrogen-bond donors (Lipinski definition) is 4. The standard InChI is InChI=1S/C22H45NO4/c1-3-5-7-9-11-13-15-18-20(25)22(27)21(26)19(17-24)23(18)16-14-12-10-8-6-4-2/h18-22,24-27H,3-17H2,1-2H3/t18-,19-,20+,21-,22-/m1/s1. The summed E-state index contributed by atoms with van der Waals surface area (Å²) in [5.41, 5.74) is 0. The molecule has 5 heteroatoms. The summed E-state index contributed by atoms with van der Waals surface area (Å²) in [5.74, 6) is 0. The second-order valence-electron chi connectivity index (χ2n) is 8.35. The number of piperidine rings is 1. The van der Waals surface area contributed by atoms with Crippen LogP contribution >= 0.6 is 0 Å². The van der Waals surface area contributed by atoms with Gasteiger partial charge in [0, 0.05) is 6.04 Å². The quantitative estimate of drug-likeness (QED) is 0.324. The fourth-order valence-corrected chi connectivity index (χ4v) is 4.39. The molecule has 0 unspecified atom stereocenters. The van der Waals surface area contributed by atoms with Crippen molar-refractivity contribution < 1.29 is 20.4 Å². The van der Waals surface area contributed by atoms with Crippen molar-refractivity contribution in [2.75, 3.05) is 13.2 Å². The molecule has 5 nitrogen and oxygen atoms in total. The van der Waals surface area contributed by atoms with Crippen LogP contribution in [0.1, 0.15) is 97.3 Å². The smallest absolute Gasteiger partial charge is 0.109 e.